The second kappa shape index (κ2) is 3.89. The first-order chi connectivity index (χ1) is 5.40. The fourth-order valence-electron chi connectivity index (χ4n) is 1.33. The molecule has 5 heteroatoms. The molecule has 2 heterocycles. The van der Waals surface area contributed by atoms with E-state index in [-0.39, 0.29) is 19.0 Å². The van der Waals surface area contributed by atoms with Crippen molar-refractivity contribution in [1.29, 1.82) is 0 Å². The smallest absolute Gasteiger partial charge is 0.0882 e. The lowest BCUT2D eigenvalue weighted by Crippen LogP contribution is -2.28. The van der Waals surface area contributed by atoms with Crippen LogP contribution in [0, 0.1) is 0 Å². The average molecular weight is 190 g/mol. The Morgan fingerprint density at radius 1 is 1.67 bits per heavy atom. The van der Waals surface area contributed by atoms with Crippen LogP contribution in [0.2, 0.25) is 0 Å². The van der Waals surface area contributed by atoms with Crippen LogP contribution in [0.1, 0.15) is 11.4 Å². The van der Waals surface area contributed by atoms with Gasteiger partial charge in [0.2, 0.25) is 0 Å². The van der Waals surface area contributed by atoms with Crippen molar-refractivity contribution in [1.82, 2.24) is 15.1 Å². The molecule has 1 aromatic rings. The van der Waals surface area contributed by atoms with Crippen LogP contribution in [0.5, 0.6) is 0 Å². The lowest BCUT2D eigenvalue weighted by atomic mass is 10.3. The first-order valence-electron chi connectivity index (χ1n) is 3.77. The molecule has 1 aliphatic heterocycles. The highest BCUT2D eigenvalue weighted by molar-refractivity contribution is 5.85. The van der Waals surface area contributed by atoms with E-state index in [1.807, 2.05) is 10.7 Å². The van der Waals surface area contributed by atoms with Crippen LogP contribution in [0.4, 0.5) is 0 Å². The number of halogens is 1. The molecule has 0 saturated carbocycles. The van der Waals surface area contributed by atoms with Gasteiger partial charge in [0.05, 0.1) is 24.5 Å². The van der Waals surface area contributed by atoms with Crippen LogP contribution < -0.4 is 5.32 Å². The number of aliphatic hydroxyl groups is 1. The van der Waals surface area contributed by atoms with Gasteiger partial charge in [-0.3, -0.25) is 4.68 Å². The third-order valence-electron chi connectivity index (χ3n) is 1.88. The van der Waals surface area contributed by atoms with Crippen molar-refractivity contribution in [3.63, 3.8) is 0 Å². The molecule has 0 fully saturated rings. The number of aliphatic hydroxyl groups excluding tert-OH is 1. The summed E-state index contributed by atoms with van der Waals surface area (Å²) in [6, 6.07) is 1.94. The Hall–Kier alpha value is -0.580. The standard InChI is InChI=1S/C7H11N3O.ClH/c11-5-6-3-7-4-8-1-2-10(7)9-6;/h3,8,11H,1-2,4-5H2;1H. The van der Waals surface area contributed by atoms with Gasteiger partial charge < -0.3 is 10.4 Å². The van der Waals surface area contributed by atoms with E-state index in [2.05, 4.69) is 10.4 Å². The second-order valence-corrected chi connectivity index (χ2v) is 2.69. The van der Waals surface area contributed by atoms with Gasteiger partial charge in [-0.2, -0.15) is 5.10 Å². The maximum absolute atomic E-state index is 8.79. The largest absolute Gasteiger partial charge is 0.390 e. The predicted octanol–water partition coefficient (Wildman–Crippen LogP) is -0.0996. The van der Waals surface area contributed by atoms with Gasteiger partial charge in [-0.25, -0.2) is 0 Å². The maximum Gasteiger partial charge on any atom is 0.0882 e. The molecule has 12 heavy (non-hydrogen) atoms. The molecule has 68 valence electrons. The van der Waals surface area contributed by atoms with Crippen molar-refractivity contribution < 1.29 is 5.11 Å². The molecule has 0 amide bonds. The summed E-state index contributed by atoms with van der Waals surface area (Å²) in [5.74, 6) is 0. The summed E-state index contributed by atoms with van der Waals surface area (Å²) in [4.78, 5) is 0. The van der Waals surface area contributed by atoms with Crippen LogP contribution in [0.3, 0.4) is 0 Å². The Bertz CT molecular complexity index is 238. The van der Waals surface area contributed by atoms with Crippen molar-refractivity contribution >= 4 is 12.4 Å². The lowest BCUT2D eigenvalue weighted by Gasteiger charge is -2.13. The van der Waals surface area contributed by atoms with Gasteiger partial charge in [-0.1, -0.05) is 0 Å². The average Bonchev–Trinajstić information content (AvgIpc) is 2.46. The van der Waals surface area contributed by atoms with Crippen LogP contribution >= 0.6 is 12.4 Å². The molecule has 0 atom stereocenters. The normalized spacial score (nSPS) is 15.1. The summed E-state index contributed by atoms with van der Waals surface area (Å²) >= 11 is 0. The Balaban J connectivity index is 0.000000720. The molecule has 0 unspecified atom stereocenters. The molecule has 0 radical (unpaired) electrons. The number of hydrogen-bond acceptors (Lipinski definition) is 3. The first kappa shape index (κ1) is 9.51. The fourth-order valence-corrected chi connectivity index (χ4v) is 1.33. The molecule has 0 spiro atoms. The van der Waals surface area contributed by atoms with Gasteiger partial charge in [0.25, 0.3) is 0 Å². The topological polar surface area (TPSA) is 50.1 Å². The zero-order chi connectivity index (χ0) is 7.68. The van der Waals surface area contributed by atoms with Crippen molar-refractivity contribution in [2.45, 2.75) is 19.7 Å². The van der Waals surface area contributed by atoms with E-state index in [1.54, 1.807) is 0 Å². The van der Waals surface area contributed by atoms with Gasteiger partial charge in [0.15, 0.2) is 0 Å². The van der Waals surface area contributed by atoms with Crippen molar-refractivity contribution in [3.05, 3.63) is 17.5 Å². The summed E-state index contributed by atoms with van der Waals surface area (Å²) < 4.78 is 1.95. The Morgan fingerprint density at radius 2 is 2.50 bits per heavy atom. The van der Waals surface area contributed by atoms with Crippen LogP contribution in [-0.2, 0) is 19.7 Å². The highest BCUT2D eigenvalue weighted by atomic mass is 35.5. The SMILES string of the molecule is Cl.OCc1cc2n(n1)CCNC2. The van der Waals surface area contributed by atoms with E-state index >= 15 is 0 Å². The third-order valence-corrected chi connectivity index (χ3v) is 1.88. The Kier molecular flexibility index (Phi) is 3.08. The lowest BCUT2D eigenvalue weighted by molar-refractivity contribution is 0.275. The maximum atomic E-state index is 8.79. The number of hydrogen-bond donors (Lipinski definition) is 2. The monoisotopic (exact) mass is 189 g/mol. The summed E-state index contributed by atoms with van der Waals surface area (Å²) in [5, 5.41) is 16.2. The van der Waals surface area contributed by atoms with Gasteiger partial charge in [0, 0.05) is 13.1 Å². The molecule has 1 aromatic heterocycles. The minimum Gasteiger partial charge on any atom is -0.390 e. The molecule has 4 nitrogen and oxygen atoms in total. The van der Waals surface area contributed by atoms with Gasteiger partial charge >= 0.3 is 0 Å². The van der Waals surface area contributed by atoms with Crippen molar-refractivity contribution in [2.24, 2.45) is 0 Å². The fraction of sp³-hybridized carbons (Fsp3) is 0.571. The van der Waals surface area contributed by atoms with Gasteiger partial charge in [-0.15, -0.1) is 12.4 Å². The molecule has 0 bridgehead atoms. The molecule has 1 aliphatic rings. The summed E-state index contributed by atoms with van der Waals surface area (Å²) in [6.45, 7) is 2.79. The minimum absolute atomic E-state index is 0. The van der Waals surface area contributed by atoms with Crippen LogP contribution in [-0.4, -0.2) is 21.4 Å². The Morgan fingerprint density at radius 3 is 3.17 bits per heavy atom. The number of nitrogens with one attached hydrogen (secondary N) is 1. The van der Waals surface area contributed by atoms with E-state index < -0.39 is 0 Å². The number of aromatic nitrogens is 2. The summed E-state index contributed by atoms with van der Waals surface area (Å²) in [7, 11) is 0. The number of rotatable bonds is 1. The zero-order valence-electron chi connectivity index (χ0n) is 6.66. The quantitative estimate of drug-likeness (QED) is 0.649. The van der Waals surface area contributed by atoms with Crippen LogP contribution in [0.25, 0.3) is 0 Å². The third kappa shape index (κ3) is 1.60. The predicted molar refractivity (Wildman–Crippen MR) is 47.1 cm³/mol. The van der Waals surface area contributed by atoms with Crippen molar-refractivity contribution in [3.8, 4) is 0 Å². The van der Waals surface area contributed by atoms with E-state index in [4.69, 9.17) is 5.11 Å². The van der Waals surface area contributed by atoms with E-state index in [0.29, 0.717) is 0 Å². The van der Waals surface area contributed by atoms with E-state index in [0.717, 1.165) is 25.3 Å². The number of nitrogens with zero attached hydrogens (tertiary/aromatic N) is 2. The van der Waals surface area contributed by atoms with Gasteiger partial charge in [0.1, 0.15) is 0 Å². The summed E-state index contributed by atoms with van der Waals surface area (Å²) in [5.41, 5.74) is 1.93. The first-order valence-corrected chi connectivity index (χ1v) is 3.77. The molecule has 2 N–H and O–H groups in total. The van der Waals surface area contributed by atoms with E-state index in [1.165, 1.54) is 5.69 Å². The second-order valence-electron chi connectivity index (χ2n) is 2.69. The molecular formula is C7H12ClN3O. The molecule has 0 saturated heterocycles. The van der Waals surface area contributed by atoms with Gasteiger partial charge in [-0.05, 0) is 6.07 Å². The highest BCUT2D eigenvalue weighted by Crippen LogP contribution is 2.06. The zero-order valence-corrected chi connectivity index (χ0v) is 7.47. The number of fused-ring (bicyclic) bond motifs is 1. The Labute approximate surface area is 77.0 Å². The highest BCUT2D eigenvalue weighted by Gasteiger charge is 2.09. The van der Waals surface area contributed by atoms with Crippen molar-refractivity contribution in [2.75, 3.05) is 6.54 Å². The van der Waals surface area contributed by atoms with Crippen LogP contribution in [0.15, 0.2) is 6.07 Å². The molecule has 0 aliphatic carbocycles. The summed E-state index contributed by atoms with van der Waals surface area (Å²) in [6.07, 6.45) is 0. The molecule has 2 rings (SSSR count). The minimum atomic E-state index is 0. The van der Waals surface area contributed by atoms with E-state index in [9.17, 15) is 0 Å². The molecular weight excluding hydrogens is 178 g/mol. The molecule has 0 aromatic carbocycles.